The molecular weight excluding hydrogens is 334 g/mol. The first-order valence-electron chi connectivity index (χ1n) is 6.96. The normalized spacial score (nSPS) is 10.7. The first-order chi connectivity index (χ1) is 11.3. The number of methoxy groups -OCH3 is 1. The summed E-state index contributed by atoms with van der Waals surface area (Å²) in [6.45, 7) is 2.84. The van der Waals surface area contributed by atoms with Crippen LogP contribution < -0.4 is 10.1 Å². The van der Waals surface area contributed by atoms with E-state index < -0.39 is 0 Å². The molecule has 7 nitrogen and oxygen atoms in total. The van der Waals surface area contributed by atoms with Crippen LogP contribution in [0.1, 0.15) is 12.8 Å². The Labute approximate surface area is 141 Å². The minimum absolute atomic E-state index is 0.517. The van der Waals surface area contributed by atoms with E-state index in [2.05, 4.69) is 25.7 Å². The lowest BCUT2D eigenvalue weighted by Crippen LogP contribution is -1.94. The molecule has 1 aromatic carbocycles. The monoisotopic (exact) mass is 349 g/mol. The number of anilines is 1. The molecule has 0 fully saturated rings. The van der Waals surface area contributed by atoms with Crippen LogP contribution in [-0.4, -0.2) is 34.0 Å². The fourth-order valence-corrected chi connectivity index (χ4v) is 3.52. The Hall–Kier alpha value is -2.13. The van der Waals surface area contributed by atoms with Crippen LogP contribution in [-0.2, 0) is 5.75 Å². The van der Waals surface area contributed by atoms with Crippen LogP contribution in [0.4, 0.5) is 5.13 Å². The highest BCUT2D eigenvalue weighted by molar-refractivity contribution is 8.00. The molecule has 0 aliphatic heterocycles. The molecular formula is C14H15N5O2S2. The van der Waals surface area contributed by atoms with Gasteiger partial charge in [-0.15, -0.1) is 10.2 Å². The van der Waals surface area contributed by atoms with Crippen molar-refractivity contribution in [2.24, 2.45) is 0 Å². The van der Waals surface area contributed by atoms with Crippen molar-refractivity contribution in [1.82, 2.24) is 20.3 Å². The molecule has 3 aromatic rings. The van der Waals surface area contributed by atoms with Crippen LogP contribution in [0.25, 0.3) is 11.4 Å². The molecule has 0 aliphatic rings. The zero-order valence-electron chi connectivity index (χ0n) is 12.6. The predicted molar refractivity (Wildman–Crippen MR) is 89.9 cm³/mol. The molecule has 120 valence electrons. The van der Waals surface area contributed by atoms with Gasteiger partial charge < -0.3 is 14.6 Å². The molecule has 0 saturated heterocycles. The lowest BCUT2D eigenvalue weighted by atomic mass is 10.2. The Morgan fingerprint density at radius 1 is 1.30 bits per heavy atom. The fraction of sp³-hybridized carbons (Fsp3) is 0.286. The van der Waals surface area contributed by atoms with Crippen molar-refractivity contribution in [2.45, 2.75) is 17.0 Å². The predicted octanol–water partition coefficient (Wildman–Crippen LogP) is 3.32. The topological polar surface area (TPSA) is 86.0 Å². The van der Waals surface area contributed by atoms with Crippen LogP contribution in [0.15, 0.2) is 33.1 Å². The first-order valence-corrected chi connectivity index (χ1v) is 8.76. The fourth-order valence-electron chi connectivity index (χ4n) is 1.87. The lowest BCUT2D eigenvalue weighted by molar-refractivity contribution is 0.390. The third-order valence-electron chi connectivity index (χ3n) is 2.87. The van der Waals surface area contributed by atoms with Crippen LogP contribution in [0.5, 0.6) is 5.75 Å². The van der Waals surface area contributed by atoms with Crippen molar-refractivity contribution in [1.29, 1.82) is 0 Å². The molecule has 9 heteroatoms. The van der Waals surface area contributed by atoms with E-state index in [1.54, 1.807) is 7.11 Å². The first kappa shape index (κ1) is 15.8. The summed E-state index contributed by atoms with van der Waals surface area (Å²) < 4.78 is 11.5. The summed E-state index contributed by atoms with van der Waals surface area (Å²) in [5.41, 5.74) is 0.806. The minimum atomic E-state index is 0.517. The maximum Gasteiger partial charge on any atom is 0.237 e. The lowest BCUT2D eigenvalue weighted by Gasteiger charge is -2.02. The van der Waals surface area contributed by atoms with Crippen LogP contribution in [0, 0.1) is 0 Å². The van der Waals surface area contributed by atoms with E-state index in [4.69, 9.17) is 9.26 Å². The number of benzene rings is 1. The molecule has 3 rings (SSSR count). The summed E-state index contributed by atoms with van der Waals surface area (Å²) in [6, 6.07) is 7.57. The molecule has 2 aromatic heterocycles. The number of aromatic nitrogens is 4. The van der Waals surface area contributed by atoms with E-state index in [0.29, 0.717) is 23.2 Å². The van der Waals surface area contributed by atoms with Gasteiger partial charge in [0.25, 0.3) is 0 Å². The highest BCUT2D eigenvalue weighted by atomic mass is 32.2. The van der Waals surface area contributed by atoms with Gasteiger partial charge in [-0.05, 0) is 19.1 Å². The molecule has 1 N–H and O–H groups in total. The van der Waals surface area contributed by atoms with E-state index in [-0.39, 0.29) is 0 Å². The summed E-state index contributed by atoms with van der Waals surface area (Å²) in [4.78, 5) is 4.41. The molecule has 0 unspecified atom stereocenters. The van der Waals surface area contributed by atoms with E-state index in [1.165, 1.54) is 23.1 Å². The molecule has 23 heavy (non-hydrogen) atoms. The summed E-state index contributed by atoms with van der Waals surface area (Å²) in [6.07, 6.45) is 0. The van der Waals surface area contributed by atoms with Crippen LogP contribution >= 0.6 is 23.1 Å². The average Bonchev–Trinajstić information content (AvgIpc) is 3.22. The molecule has 2 heterocycles. The average molecular weight is 349 g/mol. The van der Waals surface area contributed by atoms with Crippen molar-refractivity contribution in [3.8, 4) is 17.1 Å². The largest absolute Gasteiger partial charge is 0.496 e. The summed E-state index contributed by atoms with van der Waals surface area (Å²) in [7, 11) is 1.62. The van der Waals surface area contributed by atoms with Crippen LogP contribution in [0.2, 0.25) is 0 Å². The minimum Gasteiger partial charge on any atom is -0.496 e. The van der Waals surface area contributed by atoms with Crippen molar-refractivity contribution in [2.75, 3.05) is 19.0 Å². The maximum atomic E-state index is 5.31. The number of rotatable bonds is 7. The number of ether oxygens (including phenoxy) is 1. The van der Waals surface area contributed by atoms with Gasteiger partial charge in [-0.2, -0.15) is 4.98 Å². The van der Waals surface area contributed by atoms with Crippen molar-refractivity contribution < 1.29 is 9.26 Å². The van der Waals surface area contributed by atoms with Gasteiger partial charge in [0.15, 0.2) is 4.34 Å². The third kappa shape index (κ3) is 3.80. The number of nitrogens with zero attached hydrogens (tertiary/aromatic N) is 4. The summed E-state index contributed by atoms with van der Waals surface area (Å²) in [5.74, 6) is 2.31. The number of thioether (sulfide) groups is 1. The third-order valence-corrected chi connectivity index (χ3v) is 4.87. The second kappa shape index (κ2) is 7.42. The molecule has 0 atom stereocenters. The highest BCUT2D eigenvalue weighted by Crippen LogP contribution is 2.30. The van der Waals surface area contributed by atoms with Gasteiger partial charge in [0.1, 0.15) is 5.75 Å². The van der Waals surface area contributed by atoms with Crippen molar-refractivity contribution in [3.05, 3.63) is 30.2 Å². The zero-order valence-corrected chi connectivity index (χ0v) is 14.3. The second-order valence-corrected chi connectivity index (χ2v) is 6.60. The van der Waals surface area contributed by atoms with E-state index in [1.807, 2.05) is 31.2 Å². The van der Waals surface area contributed by atoms with Gasteiger partial charge in [-0.25, -0.2) is 0 Å². The smallest absolute Gasteiger partial charge is 0.237 e. The van der Waals surface area contributed by atoms with E-state index in [0.717, 1.165) is 21.6 Å². The van der Waals surface area contributed by atoms with Gasteiger partial charge in [0, 0.05) is 6.54 Å². The Bertz CT molecular complexity index is 774. The number of hydrogen-bond donors (Lipinski definition) is 1. The zero-order chi connectivity index (χ0) is 16.1. The second-order valence-electron chi connectivity index (χ2n) is 4.40. The Kier molecular flexibility index (Phi) is 5.09. The highest BCUT2D eigenvalue weighted by Gasteiger charge is 2.14. The Morgan fingerprint density at radius 3 is 3.00 bits per heavy atom. The van der Waals surface area contributed by atoms with Gasteiger partial charge in [-0.3, -0.25) is 0 Å². The maximum absolute atomic E-state index is 5.31. The standard InChI is InChI=1S/C14H15N5O2S2/c1-3-15-13-17-18-14(23-13)22-8-11-16-12(19-21-11)9-6-4-5-7-10(9)20-2/h4-7H,3,8H2,1-2H3,(H,15,17). The molecule has 0 amide bonds. The molecule has 0 radical (unpaired) electrons. The van der Waals surface area contributed by atoms with Crippen LogP contribution in [0.3, 0.4) is 0 Å². The van der Waals surface area contributed by atoms with Gasteiger partial charge in [0.2, 0.25) is 16.8 Å². The van der Waals surface area contributed by atoms with E-state index in [9.17, 15) is 0 Å². The molecule has 0 bridgehead atoms. The number of hydrogen-bond acceptors (Lipinski definition) is 9. The Morgan fingerprint density at radius 2 is 2.17 bits per heavy atom. The SMILES string of the molecule is CCNc1nnc(SCc2nc(-c3ccccc3OC)no2)s1. The Balaban J connectivity index is 1.67. The quantitative estimate of drug-likeness (QED) is 0.650. The van der Waals surface area contributed by atoms with Crippen molar-refractivity contribution >= 4 is 28.2 Å². The van der Waals surface area contributed by atoms with Gasteiger partial charge in [0.05, 0.1) is 18.4 Å². The number of para-hydroxylation sites is 1. The number of nitrogens with one attached hydrogen (secondary N) is 1. The van der Waals surface area contributed by atoms with Gasteiger partial charge >= 0.3 is 0 Å². The summed E-state index contributed by atoms with van der Waals surface area (Å²) >= 11 is 3.02. The van der Waals surface area contributed by atoms with Crippen molar-refractivity contribution in [3.63, 3.8) is 0 Å². The summed E-state index contributed by atoms with van der Waals surface area (Å²) in [5, 5.41) is 16.1. The molecule has 0 spiro atoms. The molecule has 0 aliphatic carbocycles. The molecule has 0 saturated carbocycles. The van der Waals surface area contributed by atoms with E-state index >= 15 is 0 Å². The van der Waals surface area contributed by atoms with Gasteiger partial charge in [-0.1, -0.05) is 40.4 Å².